The van der Waals surface area contributed by atoms with Crippen LogP contribution in [0.2, 0.25) is 5.15 Å². The Bertz CT molecular complexity index is 708. The van der Waals surface area contributed by atoms with Crippen LogP contribution < -0.4 is 10.5 Å². The highest BCUT2D eigenvalue weighted by Gasteiger charge is 2.22. The third kappa shape index (κ3) is 4.52. The number of halogens is 1. The van der Waals surface area contributed by atoms with Gasteiger partial charge in [0.2, 0.25) is 5.88 Å². The first kappa shape index (κ1) is 19.3. The van der Waals surface area contributed by atoms with Gasteiger partial charge in [-0.05, 0) is 43.0 Å². The van der Waals surface area contributed by atoms with E-state index in [2.05, 4.69) is 43.9 Å². The lowest BCUT2D eigenvalue weighted by Crippen LogP contribution is -2.25. The zero-order valence-electron chi connectivity index (χ0n) is 15.0. The molecular weight excluding hydrogens is 342 g/mol. The van der Waals surface area contributed by atoms with Crippen molar-refractivity contribution in [1.82, 2.24) is 9.97 Å². The number of nitrogens with two attached hydrogens (primary N) is 1. The lowest BCUT2D eigenvalue weighted by molar-refractivity contribution is 0.194. The summed E-state index contributed by atoms with van der Waals surface area (Å²) in [5, 5.41) is 2.26. The van der Waals surface area contributed by atoms with E-state index in [1.807, 2.05) is 17.8 Å². The fraction of sp³-hybridized carbons (Fsp3) is 0.556. The average molecular weight is 368 g/mol. The van der Waals surface area contributed by atoms with Crippen molar-refractivity contribution >= 4 is 34.1 Å². The molecule has 0 saturated heterocycles. The zero-order valence-corrected chi connectivity index (χ0v) is 16.5. The predicted molar refractivity (Wildman–Crippen MR) is 104 cm³/mol. The van der Waals surface area contributed by atoms with Gasteiger partial charge in [0.1, 0.15) is 5.15 Å². The van der Waals surface area contributed by atoms with E-state index in [0.29, 0.717) is 11.0 Å². The first-order chi connectivity index (χ1) is 11.3. The molecule has 6 heteroatoms. The molecule has 0 aliphatic carbocycles. The third-order valence-corrected chi connectivity index (χ3v) is 5.70. The Kier molecular flexibility index (Phi) is 6.34. The summed E-state index contributed by atoms with van der Waals surface area (Å²) in [6, 6.07) is 1.76. The maximum Gasteiger partial charge on any atom is 0.223 e. The van der Waals surface area contributed by atoms with Crippen molar-refractivity contribution in [2.75, 3.05) is 6.26 Å². The summed E-state index contributed by atoms with van der Waals surface area (Å²) >= 11 is 7.92. The molecule has 2 aromatic rings. The second-order valence-electron chi connectivity index (χ2n) is 6.68. The minimum absolute atomic E-state index is 0.0459. The van der Waals surface area contributed by atoms with Gasteiger partial charge in [-0.3, -0.25) is 0 Å². The molecule has 2 N–H and O–H groups in total. The number of hydrogen-bond donors (Lipinski definition) is 1. The van der Waals surface area contributed by atoms with E-state index in [-0.39, 0.29) is 16.9 Å². The zero-order chi connectivity index (χ0) is 17.9. The molecule has 0 aliphatic rings. The van der Waals surface area contributed by atoms with Crippen LogP contribution in [0.3, 0.4) is 0 Å². The van der Waals surface area contributed by atoms with E-state index in [4.69, 9.17) is 22.1 Å². The molecule has 2 rings (SSSR count). The standard InChI is InChI=1S/C18H26ClN3OS/c1-6-15(20)13-9-22-17(14-10-21-16(19)7-12(13)14)23-11(2)8-18(3,4)24-5/h7,9-11,15H,6,8,20H2,1-5H3. The normalized spacial score (nSPS) is 14.6. The van der Waals surface area contributed by atoms with E-state index < -0.39 is 0 Å². The molecule has 0 fully saturated rings. The van der Waals surface area contributed by atoms with E-state index in [9.17, 15) is 0 Å². The largest absolute Gasteiger partial charge is 0.474 e. The molecule has 2 aromatic heterocycles. The number of nitrogens with zero attached hydrogens (tertiary/aromatic N) is 2. The molecule has 2 unspecified atom stereocenters. The predicted octanol–water partition coefficient (Wildman–Crippen LogP) is 4.99. The maximum absolute atomic E-state index is 6.22. The van der Waals surface area contributed by atoms with Crippen LogP contribution in [0.25, 0.3) is 10.8 Å². The Balaban J connectivity index is 2.38. The van der Waals surface area contributed by atoms with Crippen LogP contribution >= 0.6 is 23.4 Å². The highest BCUT2D eigenvalue weighted by Crippen LogP contribution is 2.33. The Morgan fingerprint density at radius 2 is 2.00 bits per heavy atom. The topological polar surface area (TPSA) is 61.0 Å². The first-order valence-corrected chi connectivity index (χ1v) is 9.79. The number of ether oxygens (including phenoxy) is 1. The molecule has 0 aromatic carbocycles. The number of fused-ring (bicyclic) bond motifs is 1. The molecule has 2 heterocycles. The van der Waals surface area contributed by atoms with Gasteiger partial charge in [0.25, 0.3) is 0 Å². The number of pyridine rings is 2. The van der Waals surface area contributed by atoms with Crippen LogP contribution in [-0.4, -0.2) is 27.1 Å². The van der Waals surface area contributed by atoms with Crippen LogP contribution in [-0.2, 0) is 0 Å². The van der Waals surface area contributed by atoms with Gasteiger partial charge >= 0.3 is 0 Å². The minimum Gasteiger partial charge on any atom is -0.474 e. The summed E-state index contributed by atoms with van der Waals surface area (Å²) < 4.78 is 6.28. The minimum atomic E-state index is -0.0830. The van der Waals surface area contributed by atoms with Crippen molar-refractivity contribution in [1.29, 1.82) is 0 Å². The Hall–Kier alpha value is -1.04. The molecule has 0 radical (unpaired) electrons. The number of aromatic nitrogens is 2. The van der Waals surface area contributed by atoms with Gasteiger partial charge in [-0.25, -0.2) is 9.97 Å². The lowest BCUT2D eigenvalue weighted by atomic mass is 10.0. The van der Waals surface area contributed by atoms with E-state index >= 15 is 0 Å². The highest BCUT2D eigenvalue weighted by atomic mass is 35.5. The van der Waals surface area contributed by atoms with Gasteiger partial charge in [-0.1, -0.05) is 32.4 Å². The quantitative estimate of drug-likeness (QED) is 0.698. The molecule has 0 amide bonds. The van der Waals surface area contributed by atoms with Gasteiger partial charge < -0.3 is 10.5 Å². The molecule has 132 valence electrons. The van der Waals surface area contributed by atoms with Crippen molar-refractivity contribution in [3.8, 4) is 5.88 Å². The number of thioether (sulfide) groups is 1. The van der Waals surface area contributed by atoms with Gasteiger partial charge in [-0.2, -0.15) is 11.8 Å². The Labute approximate surface area is 153 Å². The summed E-state index contributed by atoms with van der Waals surface area (Å²) in [7, 11) is 0. The molecule has 4 nitrogen and oxygen atoms in total. The fourth-order valence-corrected chi connectivity index (χ4v) is 3.28. The van der Waals surface area contributed by atoms with Crippen LogP contribution in [0.1, 0.15) is 52.1 Å². The second-order valence-corrected chi connectivity index (χ2v) is 8.58. The second kappa shape index (κ2) is 7.89. The van der Waals surface area contributed by atoms with Crippen molar-refractivity contribution in [3.05, 3.63) is 29.2 Å². The van der Waals surface area contributed by atoms with Crippen molar-refractivity contribution < 1.29 is 4.74 Å². The number of hydrogen-bond acceptors (Lipinski definition) is 5. The van der Waals surface area contributed by atoms with Crippen molar-refractivity contribution in [3.63, 3.8) is 0 Å². The summed E-state index contributed by atoms with van der Waals surface area (Å²) in [6.07, 6.45) is 7.44. The van der Waals surface area contributed by atoms with Crippen LogP contribution in [0, 0.1) is 0 Å². The van der Waals surface area contributed by atoms with E-state index in [0.717, 1.165) is 29.2 Å². The van der Waals surface area contributed by atoms with Gasteiger partial charge in [0, 0.05) is 23.2 Å². The van der Waals surface area contributed by atoms with Crippen LogP contribution in [0.15, 0.2) is 18.5 Å². The van der Waals surface area contributed by atoms with Gasteiger partial charge in [-0.15, -0.1) is 0 Å². The smallest absolute Gasteiger partial charge is 0.223 e. The van der Waals surface area contributed by atoms with Crippen molar-refractivity contribution in [2.24, 2.45) is 5.73 Å². The molecule has 0 aliphatic heterocycles. The molecule has 0 saturated carbocycles. The summed E-state index contributed by atoms with van der Waals surface area (Å²) in [6.45, 7) is 8.55. The molecule has 0 spiro atoms. The highest BCUT2D eigenvalue weighted by molar-refractivity contribution is 7.99. The lowest BCUT2D eigenvalue weighted by Gasteiger charge is -2.26. The van der Waals surface area contributed by atoms with Gasteiger partial charge in [0.15, 0.2) is 0 Å². The molecule has 0 bridgehead atoms. The Morgan fingerprint density at radius 3 is 2.62 bits per heavy atom. The molecule has 24 heavy (non-hydrogen) atoms. The summed E-state index contributed by atoms with van der Waals surface area (Å²) in [5.74, 6) is 0.589. The maximum atomic E-state index is 6.22. The van der Waals surface area contributed by atoms with E-state index in [1.165, 1.54) is 0 Å². The fourth-order valence-electron chi connectivity index (χ4n) is 2.72. The van der Waals surface area contributed by atoms with Crippen molar-refractivity contribution in [2.45, 2.75) is 57.4 Å². The summed E-state index contributed by atoms with van der Waals surface area (Å²) in [5.41, 5.74) is 7.19. The summed E-state index contributed by atoms with van der Waals surface area (Å²) in [4.78, 5) is 8.70. The monoisotopic (exact) mass is 367 g/mol. The first-order valence-electron chi connectivity index (χ1n) is 8.19. The SMILES string of the molecule is CCC(N)c1cnc(OC(C)CC(C)(C)SC)c2cnc(Cl)cc12. The molecule has 2 atom stereocenters. The third-order valence-electron chi connectivity index (χ3n) is 4.22. The Morgan fingerprint density at radius 1 is 1.29 bits per heavy atom. The van der Waals surface area contributed by atoms with E-state index in [1.54, 1.807) is 12.4 Å². The number of rotatable bonds is 7. The average Bonchev–Trinajstić information content (AvgIpc) is 2.53. The van der Waals surface area contributed by atoms with Crippen LogP contribution in [0.5, 0.6) is 5.88 Å². The molecular formula is C18H26ClN3OS. The van der Waals surface area contributed by atoms with Gasteiger partial charge in [0.05, 0.1) is 11.5 Å². The van der Waals surface area contributed by atoms with Crippen LogP contribution in [0.4, 0.5) is 0 Å².